The number of hydrogen-bond donors (Lipinski definition) is 0. The Morgan fingerprint density at radius 1 is 1.46 bits per heavy atom. The van der Waals surface area contributed by atoms with Gasteiger partial charge in [0.1, 0.15) is 5.76 Å². The van der Waals surface area contributed by atoms with Gasteiger partial charge in [-0.3, -0.25) is 0 Å². The molecule has 0 unspecified atom stereocenters. The molecule has 0 bridgehead atoms. The van der Waals surface area contributed by atoms with E-state index in [4.69, 9.17) is 4.74 Å². The molecule has 0 aromatic rings. The fraction of sp³-hybridized carbons (Fsp3) is 0.500. The standard InChI is InChI=1S/C12H18O/c1-3-5-8-11-9-6-10-13-12(11)7-4-2/h3,5,7-8H,4,6,9-10H2,1-2H3/b5-3-,11-8-,12-7+. The van der Waals surface area contributed by atoms with Crippen molar-refractivity contribution >= 4 is 0 Å². The second-order valence-electron chi connectivity index (χ2n) is 3.15. The number of allylic oxidation sites excluding steroid dienone is 5. The lowest BCUT2D eigenvalue weighted by Crippen LogP contribution is -2.06. The van der Waals surface area contributed by atoms with Gasteiger partial charge in [-0.1, -0.05) is 25.2 Å². The van der Waals surface area contributed by atoms with Gasteiger partial charge in [0.15, 0.2) is 0 Å². The second-order valence-corrected chi connectivity index (χ2v) is 3.15. The van der Waals surface area contributed by atoms with E-state index >= 15 is 0 Å². The molecule has 0 aliphatic carbocycles. The lowest BCUT2D eigenvalue weighted by atomic mass is 10.0. The van der Waals surface area contributed by atoms with Crippen LogP contribution in [0.25, 0.3) is 0 Å². The van der Waals surface area contributed by atoms with Gasteiger partial charge in [-0.15, -0.1) is 0 Å². The van der Waals surface area contributed by atoms with Crippen LogP contribution in [0.4, 0.5) is 0 Å². The van der Waals surface area contributed by atoms with E-state index in [0.29, 0.717) is 0 Å². The monoisotopic (exact) mass is 178 g/mol. The van der Waals surface area contributed by atoms with E-state index in [1.54, 1.807) is 0 Å². The van der Waals surface area contributed by atoms with Crippen LogP contribution in [0, 0.1) is 0 Å². The summed E-state index contributed by atoms with van der Waals surface area (Å²) in [5.41, 5.74) is 1.34. The largest absolute Gasteiger partial charge is 0.494 e. The molecule has 1 heteroatoms. The molecule has 72 valence electrons. The van der Waals surface area contributed by atoms with Crippen molar-refractivity contribution in [3.63, 3.8) is 0 Å². The zero-order valence-corrected chi connectivity index (χ0v) is 8.55. The summed E-state index contributed by atoms with van der Waals surface area (Å²) in [5.74, 6) is 1.09. The molecule has 1 fully saturated rings. The Labute approximate surface area is 80.8 Å². The summed E-state index contributed by atoms with van der Waals surface area (Å²) in [6, 6.07) is 0. The third kappa shape index (κ3) is 3.10. The Kier molecular flexibility index (Phi) is 4.37. The van der Waals surface area contributed by atoms with Crippen molar-refractivity contribution in [1.82, 2.24) is 0 Å². The maximum Gasteiger partial charge on any atom is 0.118 e. The van der Waals surface area contributed by atoms with Crippen LogP contribution < -0.4 is 0 Å². The highest BCUT2D eigenvalue weighted by atomic mass is 16.5. The van der Waals surface area contributed by atoms with E-state index in [2.05, 4.69) is 25.2 Å². The van der Waals surface area contributed by atoms with E-state index < -0.39 is 0 Å². The average molecular weight is 178 g/mol. The molecule has 0 spiro atoms. The first-order valence-corrected chi connectivity index (χ1v) is 5.03. The molecular formula is C12H18O. The van der Waals surface area contributed by atoms with Gasteiger partial charge in [0, 0.05) is 0 Å². The molecule has 0 amide bonds. The van der Waals surface area contributed by atoms with Crippen LogP contribution in [0.2, 0.25) is 0 Å². The molecule has 0 aromatic heterocycles. The quantitative estimate of drug-likeness (QED) is 0.628. The third-order valence-electron chi connectivity index (χ3n) is 2.04. The van der Waals surface area contributed by atoms with Gasteiger partial charge in [0.25, 0.3) is 0 Å². The van der Waals surface area contributed by atoms with Crippen LogP contribution in [0.5, 0.6) is 0 Å². The molecule has 0 saturated carbocycles. The summed E-state index contributed by atoms with van der Waals surface area (Å²) >= 11 is 0. The summed E-state index contributed by atoms with van der Waals surface area (Å²) in [7, 11) is 0. The molecule has 0 aromatic carbocycles. The highest BCUT2D eigenvalue weighted by Gasteiger charge is 2.10. The topological polar surface area (TPSA) is 9.23 Å². The van der Waals surface area contributed by atoms with E-state index in [1.807, 2.05) is 13.0 Å². The minimum atomic E-state index is 0.874. The third-order valence-corrected chi connectivity index (χ3v) is 2.04. The maximum absolute atomic E-state index is 5.59. The average Bonchev–Trinajstić information content (AvgIpc) is 2.17. The summed E-state index contributed by atoms with van der Waals surface area (Å²) in [6.45, 7) is 5.04. The van der Waals surface area contributed by atoms with Crippen molar-refractivity contribution in [2.24, 2.45) is 0 Å². The summed E-state index contributed by atoms with van der Waals surface area (Å²) in [5, 5.41) is 0. The van der Waals surface area contributed by atoms with Crippen molar-refractivity contribution in [2.45, 2.75) is 33.1 Å². The van der Waals surface area contributed by atoms with Gasteiger partial charge in [0.2, 0.25) is 0 Å². The predicted molar refractivity (Wildman–Crippen MR) is 56.5 cm³/mol. The lowest BCUT2D eigenvalue weighted by Gasteiger charge is -2.19. The van der Waals surface area contributed by atoms with Crippen LogP contribution >= 0.6 is 0 Å². The molecule has 1 heterocycles. The first kappa shape index (κ1) is 10.1. The number of rotatable bonds is 2. The minimum Gasteiger partial charge on any atom is -0.494 e. The molecule has 1 aliphatic heterocycles. The number of ether oxygens (including phenoxy) is 1. The zero-order valence-electron chi connectivity index (χ0n) is 8.55. The highest BCUT2D eigenvalue weighted by molar-refractivity contribution is 5.30. The Hall–Kier alpha value is -0.980. The van der Waals surface area contributed by atoms with Gasteiger partial charge >= 0.3 is 0 Å². The molecular weight excluding hydrogens is 160 g/mol. The van der Waals surface area contributed by atoms with Crippen molar-refractivity contribution in [1.29, 1.82) is 0 Å². The molecule has 1 aliphatic rings. The zero-order chi connectivity index (χ0) is 9.52. The Morgan fingerprint density at radius 3 is 3.00 bits per heavy atom. The van der Waals surface area contributed by atoms with Gasteiger partial charge in [0.05, 0.1) is 6.61 Å². The highest BCUT2D eigenvalue weighted by Crippen LogP contribution is 2.23. The summed E-state index contributed by atoms with van der Waals surface area (Å²) in [4.78, 5) is 0. The Bertz CT molecular complexity index is 234. The van der Waals surface area contributed by atoms with Crippen LogP contribution in [-0.2, 0) is 4.74 Å². The van der Waals surface area contributed by atoms with E-state index in [9.17, 15) is 0 Å². The second kappa shape index (κ2) is 5.63. The van der Waals surface area contributed by atoms with Crippen LogP contribution in [0.15, 0.2) is 35.6 Å². The van der Waals surface area contributed by atoms with Crippen molar-refractivity contribution in [2.75, 3.05) is 6.61 Å². The van der Waals surface area contributed by atoms with Crippen LogP contribution in [-0.4, -0.2) is 6.61 Å². The SMILES string of the molecule is C\C=C/C=C1/CCCO/C1=C/CC. The fourth-order valence-corrected chi connectivity index (χ4v) is 1.41. The van der Waals surface area contributed by atoms with Crippen molar-refractivity contribution in [3.8, 4) is 0 Å². The molecule has 0 N–H and O–H groups in total. The van der Waals surface area contributed by atoms with E-state index in [0.717, 1.165) is 31.6 Å². The molecule has 1 saturated heterocycles. The van der Waals surface area contributed by atoms with Crippen molar-refractivity contribution in [3.05, 3.63) is 35.6 Å². The van der Waals surface area contributed by atoms with Crippen molar-refractivity contribution < 1.29 is 4.74 Å². The molecule has 1 rings (SSSR count). The van der Waals surface area contributed by atoms with E-state index in [1.165, 1.54) is 5.57 Å². The van der Waals surface area contributed by atoms with Gasteiger partial charge in [-0.05, 0) is 37.8 Å². The van der Waals surface area contributed by atoms with Gasteiger partial charge in [-0.25, -0.2) is 0 Å². The smallest absolute Gasteiger partial charge is 0.118 e. The molecule has 0 atom stereocenters. The maximum atomic E-state index is 5.59. The molecule has 1 nitrogen and oxygen atoms in total. The normalized spacial score (nSPS) is 24.2. The minimum absolute atomic E-state index is 0.874. The first-order chi connectivity index (χ1) is 6.38. The predicted octanol–water partition coefficient (Wildman–Crippen LogP) is 3.59. The Morgan fingerprint density at radius 2 is 2.31 bits per heavy atom. The fourth-order valence-electron chi connectivity index (χ4n) is 1.41. The molecule has 0 radical (unpaired) electrons. The molecule has 13 heavy (non-hydrogen) atoms. The van der Waals surface area contributed by atoms with Crippen LogP contribution in [0.1, 0.15) is 33.1 Å². The van der Waals surface area contributed by atoms with Gasteiger partial charge in [-0.2, -0.15) is 0 Å². The van der Waals surface area contributed by atoms with Crippen LogP contribution in [0.3, 0.4) is 0 Å². The first-order valence-electron chi connectivity index (χ1n) is 5.03. The Balaban J connectivity index is 2.72. The summed E-state index contributed by atoms with van der Waals surface area (Å²) < 4.78 is 5.59. The van der Waals surface area contributed by atoms with Gasteiger partial charge < -0.3 is 4.74 Å². The lowest BCUT2D eigenvalue weighted by molar-refractivity contribution is 0.193. The number of hydrogen-bond acceptors (Lipinski definition) is 1. The van der Waals surface area contributed by atoms with E-state index in [-0.39, 0.29) is 0 Å². The summed E-state index contributed by atoms with van der Waals surface area (Å²) in [6.07, 6.45) is 11.8.